The van der Waals surface area contributed by atoms with Gasteiger partial charge >= 0.3 is 5.97 Å². The number of hydrogen-bond acceptors (Lipinski definition) is 4. The standard InChI is InChI=1S/C25H28ClN3O3/c1-18-22(23(26)29(27-18)16-20-13-9-6-10-14-20)24(31)32-17-21(30)28(25(2,3)4)15-19-11-7-5-8-12-19/h5-14H,15-17H2,1-4H3. The molecule has 0 unspecified atom stereocenters. The molecule has 1 aromatic heterocycles. The number of rotatable bonds is 7. The summed E-state index contributed by atoms with van der Waals surface area (Å²) < 4.78 is 6.92. The van der Waals surface area contributed by atoms with Crippen LogP contribution in [0.3, 0.4) is 0 Å². The minimum atomic E-state index is -0.659. The molecule has 3 aromatic rings. The summed E-state index contributed by atoms with van der Waals surface area (Å²) in [6.07, 6.45) is 0. The van der Waals surface area contributed by atoms with Crippen molar-refractivity contribution in [2.45, 2.75) is 46.3 Å². The zero-order chi connectivity index (χ0) is 23.3. The number of carbonyl (C=O) groups excluding carboxylic acids is 2. The number of carbonyl (C=O) groups is 2. The summed E-state index contributed by atoms with van der Waals surface area (Å²) in [7, 11) is 0. The van der Waals surface area contributed by atoms with E-state index in [0.717, 1.165) is 11.1 Å². The third-order valence-electron chi connectivity index (χ3n) is 5.07. The number of halogens is 1. The minimum absolute atomic E-state index is 0.181. The molecule has 0 radical (unpaired) electrons. The van der Waals surface area contributed by atoms with Crippen LogP contribution in [0.15, 0.2) is 60.7 Å². The Labute approximate surface area is 193 Å². The fourth-order valence-electron chi connectivity index (χ4n) is 3.39. The van der Waals surface area contributed by atoms with Crippen molar-refractivity contribution >= 4 is 23.5 Å². The third-order valence-corrected chi connectivity index (χ3v) is 5.45. The molecular weight excluding hydrogens is 426 g/mol. The quantitative estimate of drug-likeness (QED) is 0.478. The topological polar surface area (TPSA) is 64.4 Å². The van der Waals surface area contributed by atoms with E-state index in [4.69, 9.17) is 16.3 Å². The lowest BCUT2D eigenvalue weighted by molar-refractivity contribution is -0.140. The van der Waals surface area contributed by atoms with Crippen LogP contribution in [0.25, 0.3) is 0 Å². The molecule has 0 aliphatic heterocycles. The number of hydrogen-bond donors (Lipinski definition) is 0. The van der Waals surface area contributed by atoms with Crippen molar-refractivity contribution in [3.63, 3.8) is 0 Å². The van der Waals surface area contributed by atoms with Gasteiger partial charge in [-0.2, -0.15) is 5.10 Å². The summed E-state index contributed by atoms with van der Waals surface area (Å²) in [4.78, 5) is 27.4. The maximum atomic E-state index is 12.9. The first kappa shape index (κ1) is 23.5. The molecule has 0 atom stereocenters. The predicted molar refractivity (Wildman–Crippen MR) is 125 cm³/mol. The molecule has 0 N–H and O–H groups in total. The molecule has 2 aromatic carbocycles. The Kier molecular flexibility index (Phi) is 7.36. The van der Waals surface area contributed by atoms with Crippen LogP contribution in [-0.2, 0) is 22.6 Å². The van der Waals surface area contributed by atoms with Gasteiger partial charge in [0.1, 0.15) is 10.7 Å². The van der Waals surface area contributed by atoms with Crippen LogP contribution in [0.2, 0.25) is 5.15 Å². The number of aromatic nitrogens is 2. The van der Waals surface area contributed by atoms with Gasteiger partial charge in [0.25, 0.3) is 5.91 Å². The lowest BCUT2D eigenvalue weighted by Crippen LogP contribution is -2.46. The van der Waals surface area contributed by atoms with E-state index in [1.54, 1.807) is 16.5 Å². The van der Waals surface area contributed by atoms with Crippen molar-refractivity contribution in [2.75, 3.05) is 6.61 Å². The molecule has 3 rings (SSSR count). The Morgan fingerprint density at radius 3 is 2.12 bits per heavy atom. The van der Waals surface area contributed by atoms with Gasteiger partial charge in [-0.15, -0.1) is 0 Å². The SMILES string of the molecule is Cc1nn(Cc2ccccc2)c(Cl)c1C(=O)OCC(=O)N(Cc1ccccc1)C(C)(C)C. The van der Waals surface area contributed by atoms with Gasteiger partial charge < -0.3 is 9.64 Å². The summed E-state index contributed by atoms with van der Waals surface area (Å²) in [5.41, 5.74) is 2.21. The molecule has 0 saturated carbocycles. The Morgan fingerprint density at radius 1 is 1.00 bits per heavy atom. The fourth-order valence-corrected chi connectivity index (χ4v) is 3.70. The van der Waals surface area contributed by atoms with E-state index in [9.17, 15) is 9.59 Å². The van der Waals surface area contributed by atoms with Crippen molar-refractivity contribution < 1.29 is 14.3 Å². The molecule has 0 aliphatic rings. The van der Waals surface area contributed by atoms with Gasteiger partial charge in [0.2, 0.25) is 0 Å². The maximum Gasteiger partial charge on any atom is 0.343 e. The summed E-state index contributed by atoms with van der Waals surface area (Å²) in [6.45, 7) is 8.03. The van der Waals surface area contributed by atoms with Crippen LogP contribution >= 0.6 is 11.6 Å². The van der Waals surface area contributed by atoms with Crippen LogP contribution in [0, 0.1) is 6.92 Å². The minimum Gasteiger partial charge on any atom is -0.452 e. The van der Waals surface area contributed by atoms with Gasteiger partial charge in [0, 0.05) is 12.1 Å². The first-order valence-corrected chi connectivity index (χ1v) is 10.8. The highest BCUT2D eigenvalue weighted by Gasteiger charge is 2.28. The largest absolute Gasteiger partial charge is 0.452 e. The van der Waals surface area contributed by atoms with E-state index < -0.39 is 11.5 Å². The molecule has 0 aliphatic carbocycles. The van der Waals surface area contributed by atoms with Gasteiger partial charge in [0.05, 0.1) is 12.2 Å². The summed E-state index contributed by atoms with van der Waals surface area (Å²) in [5, 5.41) is 4.57. The van der Waals surface area contributed by atoms with Gasteiger partial charge in [-0.1, -0.05) is 72.3 Å². The van der Waals surface area contributed by atoms with E-state index in [1.807, 2.05) is 81.4 Å². The predicted octanol–water partition coefficient (Wildman–Crippen LogP) is 4.88. The maximum absolute atomic E-state index is 12.9. The molecule has 0 spiro atoms. The third kappa shape index (κ3) is 5.77. The first-order chi connectivity index (χ1) is 15.2. The smallest absolute Gasteiger partial charge is 0.343 e. The zero-order valence-electron chi connectivity index (χ0n) is 18.8. The summed E-state index contributed by atoms with van der Waals surface area (Å²) in [6, 6.07) is 19.4. The number of nitrogens with zero attached hydrogens (tertiary/aromatic N) is 3. The highest BCUT2D eigenvalue weighted by atomic mass is 35.5. The summed E-state index contributed by atoms with van der Waals surface area (Å²) in [5.74, 6) is -0.936. The Morgan fingerprint density at radius 2 is 1.56 bits per heavy atom. The second-order valence-electron chi connectivity index (χ2n) is 8.61. The number of aryl methyl sites for hydroxylation is 1. The van der Waals surface area contributed by atoms with Crippen LogP contribution in [-0.4, -0.2) is 38.7 Å². The summed E-state index contributed by atoms with van der Waals surface area (Å²) >= 11 is 6.44. The molecule has 6 nitrogen and oxygen atoms in total. The fraction of sp³-hybridized carbons (Fsp3) is 0.320. The van der Waals surface area contributed by atoms with Crippen molar-refractivity contribution in [1.29, 1.82) is 0 Å². The highest BCUT2D eigenvalue weighted by molar-refractivity contribution is 6.32. The molecule has 0 fully saturated rings. The molecule has 7 heteroatoms. The Bertz CT molecular complexity index is 1070. The van der Waals surface area contributed by atoms with Crippen molar-refractivity contribution in [1.82, 2.24) is 14.7 Å². The van der Waals surface area contributed by atoms with Crippen LogP contribution in [0.4, 0.5) is 0 Å². The van der Waals surface area contributed by atoms with Crippen LogP contribution in [0.5, 0.6) is 0 Å². The Hall–Kier alpha value is -3.12. The lowest BCUT2D eigenvalue weighted by atomic mass is 10.0. The van der Waals surface area contributed by atoms with E-state index >= 15 is 0 Å². The molecule has 32 heavy (non-hydrogen) atoms. The zero-order valence-corrected chi connectivity index (χ0v) is 19.6. The van der Waals surface area contributed by atoms with E-state index in [2.05, 4.69) is 5.10 Å². The molecule has 168 valence electrons. The number of ether oxygens (including phenoxy) is 1. The normalized spacial score (nSPS) is 11.3. The van der Waals surface area contributed by atoms with Gasteiger partial charge in [-0.25, -0.2) is 9.48 Å². The molecular formula is C25H28ClN3O3. The monoisotopic (exact) mass is 453 g/mol. The van der Waals surface area contributed by atoms with E-state index in [-0.39, 0.29) is 23.2 Å². The van der Waals surface area contributed by atoms with E-state index in [1.165, 1.54) is 0 Å². The average Bonchev–Trinajstić information content (AvgIpc) is 3.03. The second-order valence-corrected chi connectivity index (χ2v) is 8.96. The highest BCUT2D eigenvalue weighted by Crippen LogP contribution is 2.23. The average molecular weight is 454 g/mol. The molecule has 0 bridgehead atoms. The van der Waals surface area contributed by atoms with Crippen LogP contribution < -0.4 is 0 Å². The van der Waals surface area contributed by atoms with Gasteiger partial charge in [-0.3, -0.25) is 4.79 Å². The molecule has 1 heterocycles. The number of benzene rings is 2. The second kappa shape index (κ2) is 10.0. The van der Waals surface area contributed by atoms with Gasteiger partial charge in [-0.05, 0) is 38.8 Å². The molecule has 0 saturated heterocycles. The van der Waals surface area contributed by atoms with Crippen molar-refractivity contribution in [3.8, 4) is 0 Å². The van der Waals surface area contributed by atoms with Crippen molar-refractivity contribution in [3.05, 3.63) is 88.2 Å². The van der Waals surface area contributed by atoms with Gasteiger partial charge in [0.15, 0.2) is 6.61 Å². The van der Waals surface area contributed by atoms with Crippen molar-refractivity contribution in [2.24, 2.45) is 0 Å². The number of amides is 1. The first-order valence-electron chi connectivity index (χ1n) is 10.4. The Balaban J connectivity index is 1.69. The van der Waals surface area contributed by atoms with E-state index in [0.29, 0.717) is 18.8 Å². The molecule has 1 amide bonds. The number of esters is 1. The van der Waals surface area contributed by atoms with Crippen LogP contribution in [0.1, 0.15) is 48.0 Å². The lowest BCUT2D eigenvalue weighted by Gasteiger charge is -2.35.